The van der Waals surface area contributed by atoms with Crippen LogP contribution in [0.2, 0.25) is 0 Å². The van der Waals surface area contributed by atoms with Gasteiger partial charge in [0.05, 0.1) is 6.61 Å². The Balaban J connectivity index is 2.14. The molecule has 3 nitrogen and oxygen atoms in total. The van der Waals surface area contributed by atoms with Crippen LogP contribution in [0.4, 0.5) is 13.2 Å². The largest absolute Gasteiger partial charge is 0.522 e. The van der Waals surface area contributed by atoms with Crippen molar-refractivity contribution in [1.29, 1.82) is 0 Å². The van der Waals surface area contributed by atoms with E-state index in [4.69, 9.17) is 5.73 Å². The number of hydrogen-bond donors (Lipinski definition) is 1. The first-order valence-corrected chi connectivity index (χ1v) is 5.18. The van der Waals surface area contributed by atoms with Crippen molar-refractivity contribution in [3.05, 3.63) is 0 Å². The molecule has 0 saturated heterocycles. The Bertz CT molecular complexity index is 183. The van der Waals surface area contributed by atoms with E-state index in [1.165, 1.54) is 0 Å². The van der Waals surface area contributed by atoms with Crippen LogP contribution in [0, 0.1) is 0 Å². The third-order valence-electron chi connectivity index (χ3n) is 2.36. The lowest BCUT2D eigenvalue weighted by molar-refractivity contribution is -0.325. The Morgan fingerprint density at radius 2 is 1.93 bits per heavy atom. The minimum absolute atomic E-state index is 0.287. The number of nitrogens with two attached hydrogens (primary N) is 1. The molecule has 15 heavy (non-hydrogen) atoms. The van der Waals surface area contributed by atoms with Crippen LogP contribution in [-0.4, -0.2) is 43.5 Å². The number of hydrogen-bond acceptors (Lipinski definition) is 3. The summed E-state index contributed by atoms with van der Waals surface area (Å²) in [5.74, 6) is 0. The molecule has 0 aromatic rings. The quantitative estimate of drug-likeness (QED) is 0.712. The summed E-state index contributed by atoms with van der Waals surface area (Å²) in [4.78, 5) is 2.03. The van der Waals surface area contributed by atoms with E-state index < -0.39 is 6.36 Å². The summed E-state index contributed by atoms with van der Waals surface area (Å²) in [5.41, 5.74) is 5.36. The standard InChI is InChI=1S/C9H17F3N2O/c10-9(11,12)15-7-6-14(5-1-4-13)8-2-3-8/h8H,1-7,13H2. The van der Waals surface area contributed by atoms with Crippen molar-refractivity contribution >= 4 is 0 Å². The molecule has 0 radical (unpaired) electrons. The van der Waals surface area contributed by atoms with Gasteiger partial charge in [0.1, 0.15) is 0 Å². The van der Waals surface area contributed by atoms with E-state index >= 15 is 0 Å². The van der Waals surface area contributed by atoms with Crippen LogP contribution in [0.5, 0.6) is 0 Å². The summed E-state index contributed by atoms with van der Waals surface area (Å²) in [6.45, 7) is 1.39. The summed E-state index contributed by atoms with van der Waals surface area (Å²) >= 11 is 0. The fourth-order valence-corrected chi connectivity index (χ4v) is 1.49. The molecule has 0 bridgehead atoms. The molecule has 0 aromatic carbocycles. The van der Waals surface area contributed by atoms with Gasteiger partial charge < -0.3 is 5.73 Å². The Kier molecular flexibility index (Phi) is 4.82. The van der Waals surface area contributed by atoms with Gasteiger partial charge in [-0.25, -0.2) is 0 Å². The Labute approximate surface area is 87.4 Å². The first kappa shape index (κ1) is 12.7. The van der Waals surface area contributed by atoms with E-state index in [0.29, 0.717) is 19.1 Å². The highest BCUT2D eigenvalue weighted by Crippen LogP contribution is 2.26. The van der Waals surface area contributed by atoms with E-state index in [-0.39, 0.29) is 6.61 Å². The maximum Gasteiger partial charge on any atom is 0.522 e. The minimum Gasteiger partial charge on any atom is -0.330 e. The zero-order valence-electron chi connectivity index (χ0n) is 8.59. The zero-order valence-corrected chi connectivity index (χ0v) is 8.59. The molecule has 0 unspecified atom stereocenters. The topological polar surface area (TPSA) is 38.5 Å². The van der Waals surface area contributed by atoms with Crippen molar-refractivity contribution in [2.24, 2.45) is 5.73 Å². The Hall–Kier alpha value is -0.330. The molecule has 1 aliphatic carbocycles. The SMILES string of the molecule is NCCCN(CCOC(F)(F)F)C1CC1. The summed E-state index contributed by atoms with van der Waals surface area (Å²) in [5, 5.41) is 0. The molecule has 0 spiro atoms. The Morgan fingerprint density at radius 3 is 2.40 bits per heavy atom. The molecule has 0 atom stereocenters. The fourth-order valence-electron chi connectivity index (χ4n) is 1.49. The van der Waals surface area contributed by atoms with Crippen molar-refractivity contribution < 1.29 is 17.9 Å². The van der Waals surface area contributed by atoms with Gasteiger partial charge in [-0.2, -0.15) is 0 Å². The molecule has 0 aromatic heterocycles. The maximum atomic E-state index is 11.7. The van der Waals surface area contributed by atoms with Crippen molar-refractivity contribution in [1.82, 2.24) is 4.90 Å². The van der Waals surface area contributed by atoms with Gasteiger partial charge in [-0.15, -0.1) is 13.2 Å². The monoisotopic (exact) mass is 226 g/mol. The third kappa shape index (κ3) is 5.96. The number of ether oxygens (including phenoxy) is 1. The summed E-state index contributed by atoms with van der Waals surface area (Å²) in [6.07, 6.45) is -1.53. The lowest BCUT2D eigenvalue weighted by Gasteiger charge is -2.21. The van der Waals surface area contributed by atoms with Gasteiger partial charge in [0.15, 0.2) is 0 Å². The van der Waals surface area contributed by atoms with Crippen molar-refractivity contribution in [2.75, 3.05) is 26.2 Å². The summed E-state index contributed by atoms with van der Waals surface area (Å²) < 4.78 is 38.9. The van der Waals surface area contributed by atoms with Gasteiger partial charge in [0.25, 0.3) is 0 Å². The van der Waals surface area contributed by atoms with Gasteiger partial charge >= 0.3 is 6.36 Å². The average molecular weight is 226 g/mol. The van der Waals surface area contributed by atoms with Gasteiger partial charge in [0, 0.05) is 12.6 Å². The van der Waals surface area contributed by atoms with Gasteiger partial charge in [0.2, 0.25) is 0 Å². The average Bonchev–Trinajstić information content (AvgIpc) is 2.92. The molecule has 0 heterocycles. The van der Waals surface area contributed by atoms with Crippen LogP contribution < -0.4 is 5.73 Å². The van der Waals surface area contributed by atoms with Crippen LogP contribution in [0.15, 0.2) is 0 Å². The smallest absolute Gasteiger partial charge is 0.330 e. The van der Waals surface area contributed by atoms with Crippen LogP contribution in [0.1, 0.15) is 19.3 Å². The van der Waals surface area contributed by atoms with E-state index in [2.05, 4.69) is 4.74 Å². The molecule has 1 saturated carbocycles. The van der Waals surface area contributed by atoms with Crippen LogP contribution in [0.3, 0.4) is 0 Å². The highest BCUT2D eigenvalue weighted by atomic mass is 19.4. The minimum atomic E-state index is -4.51. The molecule has 90 valence electrons. The van der Waals surface area contributed by atoms with Gasteiger partial charge in [-0.05, 0) is 32.4 Å². The second-order valence-corrected chi connectivity index (χ2v) is 3.70. The second-order valence-electron chi connectivity index (χ2n) is 3.70. The van der Waals surface area contributed by atoms with E-state index in [0.717, 1.165) is 25.8 Å². The first-order valence-electron chi connectivity index (χ1n) is 5.18. The predicted molar refractivity (Wildman–Crippen MR) is 50.3 cm³/mol. The van der Waals surface area contributed by atoms with Gasteiger partial charge in [-0.3, -0.25) is 9.64 Å². The maximum absolute atomic E-state index is 11.7. The number of halogens is 3. The highest BCUT2D eigenvalue weighted by Gasteiger charge is 2.31. The van der Waals surface area contributed by atoms with Crippen LogP contribution in [0.25, 0.3) is 0 Å². The number of nitrogens with zero attached hydrogens (tertiary/aromatic N) is 1. The second kappa shape index (κ2) is 5.67. The summed E-state index contributed by atoms with van der Waals surface area (Å²) in [7, 11) is 0. The van der Waals surface area contributed by atoms with Crippen LogP contribution in [-0.2, 0) is 4.74 Å². The fraction of sp³-hybridized carbons (Fsp3) is 1.00. The Morgan fingerprint density at radius 1 is 1.27 bits per heavy atom. The van der Waals surface area contributed by atoms with Crippen molar-refractivity contribution in [2.45, 2.75) is 31.7 Å². The molecule has 1 aliphatic rings. The summed E-state index contributed by atoms with van der Waals surface area (Å²) in [6, 6.07) is 0.452. The van der Waals surface area contributed by atoms with Crippen molar-refractivity contribution in [3.8, 4) is 0 Å². The van der Waals surface area contributed by atoms with E-state index in [9.17, 15) is 13.2 Å². The molecule has 2 N–H and O–H groups in total. The van der Waals surface area contributed by atoms with Crippen molar-refractivity contribution in [3.63, 3.8) is 0 Å². The molecular weight excluding hydrogens is 209 g/mol. The van der Waals surface area contributed by atoms with Gasteiger partial charge in [-0.1, -0.05) is 0 Å². The highest BCUT2D eigenvalue weighted by molar-refractivity contribution is 4.84. The molecular formula is C9H17F3N2O. The van der Waals surface area contributed by atoms with Crippen LogP contribution >= 0.6 is 0 Å². The van der Waals surface area contributed by atoms with E-state index in [1.807, 2.05) is 4.90 Å². The molecule has 1 fully saturated rings. The molecule has 1 rings (SSSR count). The molecule has 0 aliphatic heterocycles. The predicted octanol–water partition coefficient (Wildman–Crippen LogP) is 1.34. The normalized spacial score (nSPS) is 17.4. The zero-order chi connectivity index (χ0) is 11.3. The van der Waals surface area contributed by atoms with E-state index in [1.54, 1.807) is 0 Å². The first-order chi connectivity index (χ1) is 7.03. The lowest BCUT2D eigenvalue weighted by Crippen LogP contribution is -2.33. The number of alkyl halides is 3. The number of rotatable bonds is 7. The lowest BCUT2D eigenvalue weighted by atomic mass is 10.3. The molecule has 0 amide bonds. The molecule has 6 heteroatoms. The third-order valence-corrected chi connectivity index (χ3v) is 2.36.